The Morgan fingerprint density at radius 3 is 2.31 bits per heavy atom. The highest BCUT2D eigenvalue weighted by atomic mass is 16.5. The summed E-state index contributed by atoms with van der Waals surface area (Å²) in [6.45, 7) is 4.99. The van der Waals surface area contributed by atoms with Gasteiger partial charge in [-0.1, -0.05) is 55.5 Å². The minimum atomic E-state index is 0.666. The molecule has 152 valence electrons. The second-order valence-corrected chi connectivity index (χ2v) is 8.04. The molecule has 0 unspecified atom stereocenters. The maximum absolute atomic E-state index is 5.55. The summed E-state index contributed by atoms with van der Waals surface area (Å²) < 4.78 is 5.55. The zero-order chi connectivity index (χ0) is 20.3. The summed E-state index contributed by atoms with van der Waals surface area (Å²) in [6.07, 6.45) is 13.1. The maximum atomic E-state index is 5.55. The van der Waals surface area contributed by atoms with Crippen LogP contribution >= 0.6 is 0 Å². The van der Waals surface area contributed by atoms with Crippen molar-refractivity contribution in [3.63, 3.8) is 0 Å². The quantitative estimate of drug-likeness (QED) is 0.453. The monoisotopic (exact) mass is 386 g/mol. The standard InChI is InChI=1S/C28H34O/c1-3-5-8-23-11-13-24(14-12-23)9-6-7-10-25-15-17-26(18-16-25)27-19-21-28(22-20-27)29-4-2/h7,10-14,19-22,25-26H,3-5,8,15-18H2,1-2H3/b10-7+/t25-,26-. The first-order chi connectivity index (χ1) is 14.3. The molecule has 0 aromatic heterocycles. The molecule has 1 saturated carbocycles. The predicted molar refractivity (Wildman–Crippen MR) is 123 cm³/mol. The molecule has 0 bridgehead atoms. The zero-order valence-corrected chi connectivity index (χ0v) is 18.0. The van der Waals surface area contributed by atoms with Gasteiger partial charge < -0.3 is 4.74 Å². The average Bonchev–Trinajstić information content (AvgIpc) is 2.77. The van der Waals surface area contributed by atoms with Crippen LogP contribution in [0, 0.1) is 17.8 Å². The van der Waals surface area contributed by atoms with Crippen LogP contribution in [-0.2, 0) is 6.42 Å². The van der Waals surface area contributed by atoms with Crippen molar-refractivity contribution in [2.24, 2.45) is 5.92 Å². The highest BCUT2D eigenvalue weighted by Crippen LogP contribution is 2.36. The molecule has 1 aliphatic carbocycles. The minimum absolute atomic E-state index is 0.666. The Balaban J connectivity index is 1.44. The highest BCUT2D eigenvalue weighted by Gasteiger charge is 2.20. The molecule has 0 atom stereocenters. The molecule has 0 N–H and O–H groups in total. The van der Waals surface area contributed by atoms with E-state index in [9.17, 15) is 0 Å². The van der Waals surface area contributed by atoms with Crippen molar-refractivity contribution in [2.75, 3.05) is 6.61 Å². The van der Waals surface area contributed by atoms with Gasteiger partial charge in [0.2, 0.25) is 0 Å². The molecule has 2 aromatic rings. The average molecular weight is 387 g/mol. The Kier molecular flexibility index (Phi) is 8.44. The van der Waals surface area contributed by atoms with Crippen molar-refractivity contribution < 1.29 is 4.74 Å². The van der Waals surface area contributed by atoms with E-state index >= 15 is 0 Å². The fraction of sp³-hybridized carbons (Fsp3) is 0.429. The van der Waals surface area contributed by atoms with Gasteiger partial charge in [0, 0.05) is 5.56 Å². The van der Waals surface area contributed by atoms with E-state index in [1.54, 1.807) is 0 Å². The summed E-state index contributed by atoms with van der Waals surface area (Å²) in [7, 11) is 0. The topological polar surface area (TPSA) is 9.23 Å². The first-order valence-electron chi connectivity index (χ1n) is 11.3. The van der Waals surface area contributed by atoms with Gasteiger partial charge in [0.05, 0.1) is 6.61 Å². The Labute approximate surface area is 177 Å². The number of allylic oxidation sites excluding steroid dienone is 2. The molecule has 0 spiro atoms. The van der Waals surface area contributed by atoms with E-state index in [-0.39, 0.29) is 0 Å². The highest BCUT2D eigenvalue weighted by molar-refractivity contribution is 5.38. The largest absolute Gasteiger partial charge is 0.494 e. The van der Waals surface area contributed by atoms with E-state index in [0.29, 0.717) is 11.8 Å². The van der Waals surface area contributed by atoms with Crippen molar-refractivity contribution in [3.8, 4) is 17.6 Å². The Hall–Kier alpha value is -2.46. The van der Waals surface area contributed by atoms with Crippen molar-refractivity contribution in [2.45, 2.75) is 64.7 Å². The van der Waals surface area contributed by atoms with Gasteiger partial charge in [-0.25, -0.2) is 0 Å². The van der Waals surface area contributed by atoms with Crippen LogP contribution in [-0.4, -0.2) is 6.61 Å². The SMILES string of the molecule is CCCCc1ccc(C#C/C=C/[C@H]2CC[C@H](c3ccc(OCC)cc3)CC2)cc1. The van der Waals surface area contributed by atoms with Crippen molar-refractivity contribution in [1.82, 2.24) is 0 Å². The van der Waals surface area contributed by atoms with Gasteiger partial charge >= 0.3 is 0 Å². The van der Waals surface area contributed by atoms with E-state index in [1.165, 1.54) is 56.1 Å². The summed E-state index contributed by atoms with van der Waals surface area (Å²) >= 11 is 0. The Morgan fingerprint density at radius 2 is 1.66 bits per heavy atom. The molecule has 0 amide bonds. The molecule has 29 heavy (non-hydrogen) atoms. The number of hydrogen-bond acceptors (Lipinski definition) is 1. The smallest absolute Gasteiger partial charge is 0.119 e. The number of aryl methyl sites for hydroxylation is 1. The number of ether oxygens (including phenoxy) is 1. The second-order valence-electron chi connectivity index (χ2n) is 8.04. The molecule has 1 heteroatoms. The maximum Gasteiger partial charge on any atom is 0.119 e. The summed E-state index contributed by atoms with van der Waals surface area (Å²) in [5.74, 6) is 8.83. The van der Waals surface area contributed by atoms with Crippen LogP contribution in [0.3, 0.4) is 0 Å². The summed E-state index contributed by atoms with van der Waals surface area (Å²) in [6, 6.07) is 17.4. The molecule has 0 radical (unpaired) electrons. The predicted octanol–water partition coefficient (Wildman–Crippen LogP) is 7.31. The lowest BCUT2D eigenvalue weighted by Gasteiger charge is -2.27. The van der Waals surface area contributed by atoms with E-state index in [4.69, 9.17) is 4.74 Å². The third-order valence-electron chi connectivity index (χ3n) is 5.88. The van der Waals surface area contributed by atoms with Crippen LogP contribution in [0.2, 0.25) is 0 Å². The van der Waals surface area contributed by atoms with Crippen molar-refractivity contribution >= 4 is 0 Å². The summed E-state index contributed by atoms with van der Waals surface area (Å²) in [4.78, 5) is 0. The third-order valence-corrected chi connectivity index (χ3v) is 5.88. The van der Waals surface area contributed by atoms with Gasteiger partial charge in [0.25, 0.3) is 0 Å². The van der Waals surface area contributed by atoms with E-state index in [1.807, 2.05) is 6.92 Å². The van der Waals surface area contributed by atoms with Gasteiger partial charge in [-0.2, -0.15) is 0 Å². The Bertz CT molecular complexity index is 809. The molecular formula is C28H34O. The Morgan fingerprint density at radius 1 is 0.931 bits per heavy atom. The number of benzene rings is 2. The third kappa shape index (κ3) is 6.82. The molecule has 2 aromatic carbocycles. The van der Waals surface area contributed by atoms with Crippen LogP contribution in [0.4, 0.5) is 0 Å². The molecule has 0 aliphatic heterocycles. The molecule has 1 nitrogen and oxygen atoms in total. The molecule has 0 saturated heterocycles. The van der Waals surface area contributed by atoms with Crippen LogP contribution in [0.5, 0.6) is 5.75 Å². The fourth-order valence-corrected chi connectivity index (χ4v) is 4.09. The van der Waals surface area contributed by atoms with E-state index in [0.717, 1.165) is 17.9 Å². The van der Waals surface area contributed by atoms with Gasteiger partial charge in [-0.05, 0) is 98.8 Å². The van der Waals surface area contributed by atoms with Gasteiger partial charge in [0.15, 0.2) is 0 Å². The first kappa shape index (κ1) is 21.3. The zero-order valence-electron chi connectivity index (χ0n) is 18.0. The van der Waals surface area contributed by atoms with Gasteiger partial charge in [-0.15, -0.1) is 0 Å². The number of rotatable bonds is 7. The van der Waals surface area contributed by atoms with Crippen LogP contribution in [0.25, 0.3) is 0 Å². The van der Waals surface area contributed by atoms with Crippen molar-refractivity contribution in [3.05, 3.63) is 77.4 Å². The lowest BCUT2D eigenvalue weighted by atomic mass is 9.78. The van der Waals surface area contributed by atoms with E-state index in [2.05, 4.69) is 79.4 Å². The molecule has 0 heterocycles. The summed E-state index contributed by atoms with van der Waals surface area (Å²) in [5.41, 5.74) is 3.98. The van der Waals surface area contributed by atoms with E-state index < -0.39 is 0 Å². The molecule has 3 rings (SSSR count). The number of hydrogen-bond donors (Lipinski definition) is 0. The van der Waals surface area contributed by atoms with Gasteiger partial charge in [-0.3, -0.25) is 0 Å². The van der Waals surface area contributed by atoms with Crippen LogP contribution < -0.4 is 4.74 Å². The normalized spacial score (nSPS) is 19.0. The minimum Gasteiger partial charge on any atom is -0.494 e. The summed E-state index contributed by atoms with van der Waals surface area (Å²) in [5, 5.41) is 0. The van der Waals surface area contributed by atoms with Crippen LogP contribution in [0.1, 0.15) is 75.0 Å². The lowest BCUT2D eigenvalue weighted by molar-refractivity contribution is 0.339. The fourth-order valence-electron chi connectivity index (χ4n) is 4.09. The van der Waals surface area contributed by atoms with Gasteiger partial charge in [0.1, 0.15) is 5.75 Å². The lowest BCUT2D eigenvalue weighted by Crippen LogP contribution is -2.11. The second kappa shape index (κ2) is 11.5. The van der Waals surface area contributed by atoms with Crippen molar-refractivity contribution in [1.29, 1.82) is 0 Å². The molecule has 1 aliphatic rings. The first-order valence-corrected chi connectivity index (χ1v) is 11.3. The molecule has 1 fully saturated rings. The molecular weight excluding hydrogens is 352 g/mol. The van der Waals surface area contributed by atoms with Crippen LogP contribution in [0.15, 0.2) is 60.7 Å². The number of unbranched alkanes of at least 4 members (excludes halogenated alkanes) is 1.